The van der Waals surface area contributed by atoms with Gasteiger partial charge in [-0.25, -0.2) is 4.79 Å². The summed E-state index contributed by atoms with van der Waals surface area (Å²) in [7, 11) is 0. The maximum absolute atomic E-state index is 11.6. The molecule has 0 saturated carbocycles. The number of halogens is 1. The highest BCUT2D eigenvalue weighted by Crippen LogP contribution is 2.22. The average Bonchev–Trinajstić information content (AvgIpc) is 2.56. The number of nitrogens with one attached hydrogen (secondary N) is 1. The van der Waals surface area contributed by atoms with Crippen LogP contribution in [0.25, 0.3) is 0 Å². The second-order valence-electron chi connectivity index (χ2n) is 4.00. The molecule has 1 aliphatic heterocycles. The summed E-state index contributed by atoms with van der Waals surface area (Å²) in [5.41, 5.74) is 0. The highest BCUT2D eigenvalue weighted by Gasteiger charge is 2.36. The fourth-order valence-electron chi connectivity index (χ4n) is 1.74. The molecule has 2 atom stereocenters. The molecule has 90 valence electrons. The van der Waals surface area contributed by atoms with Gasteiger partial charge in [0, 0.05) is 17.6 Å². The number of rotatable bonds is 3. The van der Waals surface area contributed by atoms with E-state index in [4.69, 9.17) is 5.11 Å². The number of hydrogen-bond acceptors (Lipinski definition) is 2. The van der Waals surface area contributed by atoms with Gasteiger partial charge in [-0.1, -0.05) is 29.4 Å². The van der Waals surface area contributed by atoms with Crippen molar-refractivity contribution in [3.63, 3.8) is 0 Å². The summed E-state index contributed by atoms with van der Waals surface area (Å²) in [6.45, 7) is 6.55. The lowest BCUT2D eigenvalue weighted by Gasteiger charge is -2.16. The number of likely N-dealkylation sites (tertiary alicyclic amines) is 1. The van der Waals surface area contributed by atoms with Crippen molar-refractivity contribution in [1.82, 2.24) is 10.2 Å². The van der Waals surface area contributed by atoms with Crippen LogP contribution in [0.1, 0.15) is 6.92 Å². The van der Waals surface area contributed by atoms with Gasteiger partial charge in [-0.3, -0.25) is 4.79 Å². The molecule has 2 unspecified atom stereocenters. The van der Waals surface area contributed by atoms with Gasteiger partial charge in [0.2, 0.25) is 0 Å². The van der Waals surface area contributed by atoms with Gasteiger partial charge < -0.3 is 15.3 Å². The molecule has 0 radical (unpaired) electrons. The Bertz CT molecular complexity index is 319. The molecular formula is C10H15BrN2O3. The third-order valence-corrected chi connectivity index (χ3v) is 2.93. The fraction of sp³-hybridized carbons (Fsp3) is 0.600. The van der Waals surface area contributed by atoms with Crippen LogP contribution in [0.3, 0.4) is 0 Å². The second-order valence-corrected chi connectivity index (χ2v) is 5.12. The average molecular weight is 291 g/mol. The van der Waals surface area contributed by atoms with E-state index in [1.54, 1.807) is 0 Å². The van der Waals surface area contributed by atoms with Gasteiger partial charge in [-0.15, -0.1) is 0 Å². The molecule has 0 aromatic heterocycles. The summed E-state index contributed by atoms with van der Waals surface area (Å²) in [5, 5.41) is 11.6. The van der Waals surface area contributed by atoms with Crippen LogP contribution in [0.15, 0.2) is 11.1 Å². The maximum atomic E-state index is 11.6. The predicted octanol–water partition coefficient (Wildman–Crippen LogP) is 1.26. The van der Waals surface area contributed by atoms with Gasteiger partial charge in [0.25, 0.3) is 0 Å². The first kappa shape index (κ1) is 13.0. The zero-order valence-corrected chi connectivity index (χ0v) is 10.7. The molecule has 1 rings (SSSR count). The predicted molar refractivity (Wildman–Crippen MR) is 63.3 cm³/mol. The van der Waals surface area contributed by atoms with Gasteiger partial charge in [-0.2, -0.15) is 0 Å². The number of urea groups is 1. The van der Waals surface area contributed by atoms with Crippen LogP contribution < -0.4 is 5.32 Å². The van der Waals surface area contributed by atoms with Crippen LogP contribution in [0.2, 0.25) is 0 Å². The number of nitrogens with zero attached hydrogens (tertiary/aromatic N) is 1. The molecular weight excluding hydrogens is 276 g/mol. The molecule has 2 N–H and O–H groups in total. The minimum Gasteiger partial charge on any atom is -0.481 e. The Hall–Kier alpha value is -1.04. The van der Waals surface area contributed by atoms with Crippen molar-refractivity contribution in [2.45, 2.75) is 6.92 Å². The number of aliphatic carboxylic acids is 1. The monoisotopic (exact) mass is 290 g/mol. The maximum Gasteiger partial charge on any atom is 0.317 e. The van der Waals surface area contributed by atoms with E-state index >= 15 is 0 Å². The van der Waals surface area contributed by atoms with Crippen molar-refractivity contribution in [2.24, 2.45) is 11.8 Å². The molecule has 16 heavy (non-hydrogen) atoms. The highest BCUT2D eigenvalue weighted by atomic mass is 79.9. The summed E-state index contributed by atoms with van der Waals surface area (Å²) in [5.74, 6) is -1.30. The molecule has 1 saturated heterocycles. The van der Waals surface area contributed by atoms with Crippen LogP contribution in [-0.2, 0) is 4.79 Å². The first-order chi connectivity index (χ1) is 7.41. The first-order valence-electron chi connectivity index (χ1n) is 5.00. The van der Waals surface area contributed by atoms with E-state index in [0.29, 0.717) is 17.6 Å². The number of carbonyl (C=O) groups is 2. The van der Waals surface area contributed by atoms with Crippen molar-refractivity contribution in [2.75, 3.05) is 19.6 Å². The Morgan fingerprint density at radius 1 is 1.56 bits per heavy atom. The molecule has 0 bridgehead atoms. The van der Waals surface area contributed by atoms with Gasteiger partial charge in [0.15, 0.2) is 0 Å². The van der Waals surface area contributed by atoms with Gasteiger partial charge in [0.05, 0.1) is 12.5 Å². The summed E-state index contributed by atoms with van der Waals surface area (Å²) >= 11 is 3.14. The Kier molecular flexibility index (Phi) is 4.35. The molecule has 1 fully saturated rings. The number of carbonyl (C=O) groups excluding carboxylic acids is 1. The number of amides is 2. The molecule has 0 aromatic carbocycles. The quantitative estimate of drug-likeness (QED) is 0.822. The third-order valence-electron chi connectivity index (χ3n) is 2.65. The zero-order chi connectivity index (χ0) is 12.3. The van der Waals surface area contributed by atoms with Crippen LogP contribution >= 0.6 is 15.9 Å². The minimum absolute atomic E-state index is 0.00424. The summed E-state index contributed by atoms with van der Waals surface area (Å²) in [6.07, 6.45) is 0. The molecule has 0 spiro atoms. The van der Waals surface area contributed by atoms with Gasteiger partial charge in [-0.05, 0) is 5.92 Å². The van der Waals surface area contributed by atoms with Crippen LogP contribution in [0.5, 0.6) is 0 Å². The second kappa shape index (κ2) is 5.34. The standard InChI is InChI=1S/C10H15BrN2O3/c1-6-4-13(5-8(6)9(14)15)10(16)12-3-7(2)11/h6,8H,2-5H2,1H3,(H,12,16)(H,14,15). The molecule has 1 heterocycles. The third kappa shape index (κ3) is 3.23. The van der Waals surface area contributed by atoms with E-state index in [0.717, 1.165) is 0 Å². The van der Waals surface area contributed by atoms with Crippen molar-refractivity contribution >= 4 is 27.9 Å². The van der Waals surface area contributed by atoms with Gasteiger partial charge in [0.1, 0.15) is 0 Å². The molecule has 5 nitrogen and oxygen atoms in total. The Morgan fingerprint density at radius 3 is 2.62 bits per heavy atom. The summed E-state index contributed by atoms with van der Waals surface area (Å²) in [4.78, 5) is 24.0. The zero-order valence-electron chi connectivity index (χ0n) is 9.07. The van der Waals surface area contributed by atoms with Gasteiger partial charge >= 0.3 is 12.0 Å². The van der Waals surface area contributed by atoms with Crippen molar-refractivity contribution in [1.29, 1.82) is 0 Å². The van der Waals surface area contributed by atoms with Crippen LogP contribution in [-0.4, -0.2) is 41.6 Å². The Balaban J connectivity index is 2.48. The lowest BCUT2D eigenvalue weighted by molar-refractivity contribution is -0.142. The first-order valence-corrected chi connectivity index (χ1v) is 5.80. The molecule has 0 aromatic rings. The SMILES string of the molecule is C=C(Br)CNC(=O)N1CC(C)C(C(=O)O)C1. The lowest BCUT2D eigenvalue weighted by atomic mass is 9.99. The van der Waals surface area contributed by atoms with Crippen molar-refractivity contribution in [3.05, 3.63) is 11.1 Å². The molecule has 1 aliphatic rings. The van der Waals surface area contributed by atoms with Crippen molar-refractivity contribution < 1.29 is 14.7 Å². The van der Waals surface area contributed by atoms with E-state index in [9.17, 15) is 9.59 Å². The van der Waals surface area contributed by atoms with Crippen molar-refractivity contribution in [3.8, 4) is 0 Å². The highest BCUT2D eigenvalue weighted by molar-refractivity contribution is 9.11. The molecule has 0 aliphatic carbocycles. The fourth-order valence-corrected chi connectivity index (χ4v) is 1.88. The number of carboxylic acid groups (broad SMARTS) is 1. The van der Waals surface area contributed by atoms with Crippen LogP contribution in [0, 0.1) is 11.8 Å². The Morgan fingerprint density at radius 2 is 2.19 bits per heavy atom. The number of carboxylic acids is 1. The number of hydrogen-bond donors (Lipinski definition) is 2. The Labute approximate surface area is 103 Å². The summed E-state index contributed by atoms with van der Waals surface area (Å²) in [6, 6.07) is -0.240. The molecule has 2 amide bonds. The van der Waals surface area contributed by atoms with E-state index in [2.05, 4.69) is 27.8 Å². The smallest absolute Gasteiger partial charge is 0.317 e. The van der Waals surface area contributed by atoms with E-state index < -0.39 is 11.9 Å². The van der Waals surface area contributed by atoms with E-state index in [1.807, 2.05) is 6.92 Å². The van der Waals surface area contributed by atoms with E-state index in [1.165, 1.54) is 4.90 Å². The lowest BCUT2D eigenvalue weighted by Crippen LogP contribution is -2.39. The minimum atomic E-state index is -0.840. The topological polar surface area (TPSA) is 69.6 Å². The van der Waals surface area contributed by atoms with Crippen LogP contribution in [0.4, 0.5) is 4.79 Å². The summed E-state index contributed by atoms with van der Waals surface area (Å²) < 4.78 is 0.683. The normalized spacial score (nSPS) is 24.2. The largest absolute Gasteiger partial charge is 0.481 e. The molecule has 6 heteroatoms. The van der Waals surface area contributed by atoms with E-state index in [-0.39, 0.29) is 18.5 Å².